The Morgan fingerprint density at radius 3 is 2.82 bits per heavy atom. The Hall–Kier alpha value is -1.91. The van der Waals surface area contributed by atoms with Crippen molar-refractivity contribution in [3.63, 3.8) is 0 Å². The van der Waals surface area contributed by atoms with Crippen LogP contribution in [0.15, 0.2) is 12.1 Å². The third kappa shape index (κ3) is 1.58. The van der Waals surface area contributed by atoms with Crippen LogP contribution in [0.5, 0.6) is 0 Å². The van der Waals surface area contributed by atoms with Gasteiger partial charge in [0, 0.05) is 5.92 Å². The fraction of sp³-hybridized carbons (Fsp3) is 0.333. The first-order chi connectivity index (χ1) is 8.15. The van der Waals surface area contributed by atoms with Crippen LogP contribution < -0.4 is 0 Å². The molecule has 3 rings (SSSR count). The van der Waals surface area contributed by atoms with Gasteiger partial charge in [-0.05, 0) is 25.0 Å². The molecule has 0 saturated heterocycles. The average molecular weight is 234 g/mol. The molecule has 0 radical (unpaired) electrons. The molecule has 88 valence electrons. The van der Waals surface area contributed by atoms with Gasteiger partial charge >= 0.3 is 5.97 Å². The molecule has 1 aromatic carbocycles. The van der Waals surface area contributed by atoms with Gasteiger partial charge in [-0.25, -0.2) is 14.2 Å². The monoisotopic (exact) mass is 234 g/mol. The van der Waals surface area contributed by atoms with Crippen molar-refractivity contribution in [1.29, 1.82) is 0 Å². The second-order valence-corrected chi connectivity index (χ2v) is 4.40. The van der Waals surface area contributed by atoms with Gasteiger partial charge in [0.1, 0.15) is 17.2 Å². The van der Waals surface area contributed by atoms with E-state index in [1.807, 2.05) is 0 Å². The number of fused-ring (bicyclic) bond motifs is 1. The summed E-state index contributed by atoms with van der Waals surface area (Å²) in [4.78, 5) is 18.3. The minimum Gasteiger partial charge on any atom is -0.478 e. The highest BCUT2D eigenvalue weighted by molar-refractivity contribution is 6.01. The van der Waals surface area contributed by atoms with Crippen LogP contribution in [-0.2, 0) is 0 Å². The van der Waals surface area contributed by atoms with E-state index in [2.05, 4.69) is 9.97 Å². The van der Waals surface area contributed by atoms with Gasteiger partial charge in [0.15, 0.2) is 0 Å². The molecule has 0 atom stereocenters. The summed E-state index contributed by atoms with van der Waals surface area (Å²) < 4.78 is 13.3. The number of aromatic carboxylic acids is 1. The van der Waals surface area contributed by atoms with Gasteiger partial charge in [-0.1, -0.05) is 6.42 Å². The van der Waals surface area contributed by atoms with Crippen molar-refractivity contribution in [1.82, 2.24) is 9.97 Å². The van der Waals surface area contributed by atoms with Gasteiger partial charge in [0.25, 0.3) is 0 Å². The van der Waals surface area contributed by atoms with Gasteiger partial charge in [0.05, 0.1) is 11.1 Å². The number of hydrogen-bond donors (Lipinski definition) is 2. The molecule has 0 spiro atoms. The molecular formula is C12H11FN2O2. The van der Waals surface area contributed by atoms with E-state index in [1.54, 1.807) is 0 Å². The maximum absolute atomic E-state index is 13.3. The van der Waals surface area contributed by atoms with E-state index in [0.717, 1.165) is 24.7 Å². The van der Waals surface area contributed by atoms with Crippen molar-refractivity contribution >= 4 is 17.0 Å². The summed E-state index contributed by atoms with van der Waals surface area (Å²) in [7, 11) is 0. The SMILES string of the molecule is O=C(O)c1cc(F)cc2[nH]c(C3CCC3)nc12. The quantitative estimate of drug-likeness (QED) is 0.839. The molecule has 1 aliphatic rings. The molecule has 2 N–H and O–H groups in total. The first-order valence-corrected chi connectivity index (χ1v) is 5.57. The van der Waals surface area contributed by atoms with Crippen LogP contribution in [-0.4, -0.2) is 21.0 Å². The summed E-state index contributed by atoms with van der Waals surface area (Å²) in [5, 5.41) is 9.01. The van der Waals surface area contributed by atoms with E-state index in [1.165, 1.54) is 12.5 Å². The van der Waals surface area contributed by atoms with Crippen LogP contribution in [0, 0.1) is 5.82 Å². The molecule has 17 heavy (non-hydrogen) atoms. The lowest BCUT2D eigenvalue weighted by atomic mass is 9.85. The van der Waals surface area contributed by atoms with Crippen LogP contribution in [0.3, 0.4) is 0 Å². The molecule has 0 aliphatic heterocycles. The molecule has 4 nitrogen and oxygen atoms in total. The minimum absolute atomic E-state index is 0.0816. The molecule has 1 saturated carbocycles. The predicted molar refractivity (Wildman–Crippen MR) is 59.6 cm³/mol. The van der Waals surface area contributed by atoms with Crippen molar-refractivity contribution < 1.29 is 14.3 Å². The van der Waals surface area contributed by atoms with E-state index in [9.17, 15) is 9.18 Å². The number of rotatable bonds is 2. The first kappa shape index (κ1) is 10.3. The number of nitrogens with one attached hydrogen (secondary N) is 1. The van der Waals surface area contributed by atoms with Gasteiger partial charge in [-0.15, -0.1) is 0 Å². The number of imidazole rings is 1. The van der Waals surface area contributed by atoms with Crippen molar-refractivity contribution in [3.8, 4) is 0 Å². The maximum Gasteiger partial charge on any atom is 0.338 e. The standard InChI is InChI=1S/C12H11FN2O2/c13-7-4-8(12(16)17)10-9(5-7)14-11(15-10)6-2-1-3-6/h4-6H,1-3H2,(H,14,15)(H,16,17). The molecule has 0 amide bonds. The van der Waals surface area contributed by atoms with Gasteiger partial charge < -0.3 is 10.1 Å². The largest absolute Gasteiger partial charge is 0.478 e. The van der Waals surface area contributed by atoms with Crippen molar-refractivity contribution in [3.05, 3.63) is 29.3 Å². The summed E-state index contributed by atoms with van der Waals surface area (Å²) in [5.74, 6) is -0.564. The number of benzene rings is 1. The second-order valence-electron chi connectivity index (χ2n) is 4.40. The molecule has 1 fully saturated rings. The Kier molecular flexibility index (Phi) is 2.14. The number of nitrogens with zero attached hydrogens (tertiary/aromatic N) is 1. The Balaban J connectivity index is 2.19. The number of H-pyrrole nitrogens is 1. The lowest BCUT2D eigenvalue weighted by Gasteiger charge is -2.22. The van der Waals surface area contributed by atoms with E-state index < -0.39 is 11.8 Å². The summed E-state index contributed by atoms with van der Waals surface area (Å²) in [5.41, 5.74) is 0.729. The Morgan fingerprint density at radius 2 is 2.24 bits per heavy atom. The molecule has 1 aliphatic carbocycles. The summed E-state index contributed by atoms with van der Waals surface area (Å²) in [6, 6.07) is 2.30. The lowest BCUT2D eigenvalue weighted by Crippen LogP contribution is -2.10. The second kappa shape index (κ2) is 3.55. The fourth-order valence-electron chi connectivity index (χ4n) is 2.14. The Morgan fingerprint density at radius 1 is 1.47 bits per heavy atom. The molecule has 0 unspecified atom stereocenters. The third-order valence-electron chi connectivity index (χ3n) is 3.29. The number of halogens is 1. The summed E-state index contributed by atoms with van der Waals surface area (Å²) in [6.45, 7) is 0. The fourth-order valence-corrected chi connectivity index (χ4v) is 2.14. The summed E-state index contributed by atoms with van der Waals surface area (Å²) >= 11 is 0. The van der Waals surface area contributed by atoms with Crippen molar-refractivity contribution in [2.24, 2.45) is 0 Å². The molecular weight excluding hydrogens is 223 g/mol. The zero-order valence-electron chi connectivity index (χ0n) is 9.03. The summed E-state index contributed by atoms with van der Waals surface area (Å²) in [6.07, 6.45) is 3.29. The zero-order chi connectivity index (χ0) is 12.0. The smallest absolute Gasteiger partial charge is 0.338 e. The Labute approximate surface area is 96.5 Å². The lowest BCUT2D eigenvalue weighted by molar-refractivity contribution is 0.0698. The van der Waals surface area contributed by atoms with Gasteiger partial charge in [0.2, 0.25) is 0 Å². The van der Waals surface area contributed by atoms with Crippen LogP contribution in [0.1, 0.15) is 41.4 Å². The van der Waals surface area contributed by atoms with Gasteiger partial charge in [-0.2, -0.15) is 0 Å². The number of hydrogen-bond acceptors (Lipinski definition) is 2. The normalized spacial score (nSPS) is 16.1. The number of aromatic nitrogens is 2. The van der Waals surface area contributed by atoms with Crippen LogP contribution in [0.4, 0.5) is 4.39 Å². The zero-order valence-corrected chi connectivity index (χ0v) is 9.03. The molecule has 1 aromatic heterocycles. The van der Waals surface area contributed by atoms with Gasteiger partial charge in [-0.3, -0.25) is 0 Å². The highest BCUT2D eigenvalue weighted by Crippen LogP contribution is 2.35. The minimum atomic E-state index is -1.15. The number of aromatic amines is 1. The topological polar surface area (TPSA) is 66.0 Å². The highest BCUT2D eigenvalue weighted by Gasteiger charge is 2.24. The number of carboxylic acids is 1. The van der Waals surface area contributed by atoms with Crippen molar-refractivity contribution in [2.75, 3.05) is 0 Å². The first-order valence-electron chi connectivity index (χ1n) is 5.57. The third-order valence-corrected chi connectivity index (χ3v) is 3.29. The predicted octanol–water partition coefficient (Wildman–Crippen LogP) is 2.67. The maximum atomic E-state index is 13.3. The Bertz CT molecular complexity index is 602. The average Bonchev–Trinajstić information content (AvgIpc) is 2.56. The van der Waals surface area contributed by atoms with E-state index in [4.69, 9.17) is 5.11 Å². The number of carbonyl (C=O) groups is 1. The molecule has 5 heteroatoms. The van der Waals surface area contributed by atoms with Crippen LogP contribution >= 0.6 is 0 Å². The van der Waals surface area contributed by atoms with E-state index in [-0.39, 0.29) is 5.56 Å². The number of carboxylic acid groups (broad SMARTS) is 1. The highest BCUT2D eigenvalue weighted by atomic mass is 19.1. The van der Waals surface area contributed by atoms with Crippen molar-refractivity contribution in [2.45, 2.75) is 25.2 Å². The van der Waals surface area contributed by atoms with Crippen LogP contribution in [0.2, 0.25) is 0 Å². The molecule has 1 heterocycles. The van der Waals surface area contributed by atoms with Crippen LogP contribution in [0.25, 0.3) is 11.0 Å². The van der Waals surface area contributed by atoms with E-state index in [0.29, 0.717) is 17.0 Å². The van der Waals surface area contributed by atoms with E-state index >= 15 is 0 Å². The molecule has 0 bridgehead atoms. The molecule has 2 aromatic rings.